The monoisotopic (exact) mass is 243 g/mol. The van der Waals surface area contributed by atoms with E-state index in [-0.39, 0.29) is 6.61 Å². The Kier molecular flexibility index (Phi) is 3.37. The van der Waals surface area contributed by atoms with Crippen LogP contribution < -0.4 is 0 Å². The Morgan fingerprint density at radius 3 is 2.72 bits per heavy atom. The van der Waals surface area contributed by atoms with Crippen LogP contribution in [0.3, 0.4) is 0 Å². The van der Waals surface area contributed by atoms with Crippen LogP contribution in [0.15, 0.2) is 30.5 Å². The minimum atomic E-state index is 0.130. The molecular weight excluding hydrogens is 222 g/mol. The summed E-state index contributed by atoms with van der Waals surface area (Å²) >= 11 is 0. The number of fused-ring (bicyclic) bond motifs is 1. The van der Waals surface area contributed by atoms with Gasteiger partial charge in [0.15, 0.2) is 0 Å². The normalized spacial score (nSPS) is 17.4. The predicted molar refractivity (Wildman–Crippen MR) is 74.4 cm³/mol. The number of benzene rings is 1. The Hall–Kier alpha value is -1.28. The van der Waals surface area contributed by atoms with E-state index in [0.29, 0.717) is 0 Å². The molecule has 1 aliphatic carbocycles. The molecule has 0 saturated heterocycles. The van der Waals surface area contributed by atoms with Gasteiger partial charge in [0.2, 0.25) is 0 Å². The SMILES string of the molecule is OCc1ccc2ccn(CC3CCCCC3)c2c1. The first-order valence-electron chi connectivity index (χ1n) is 7.05. The summed E-state index contributed by atoms with van der Waals surface area (Å²) in [6, 6.07) is 8.42. The summed E-state index contributed by atoms with van der Waals surface area (Å²) in [7, 11) is 0. The second-order valence-electron chi connectivity index (χ2n) is 5.52. The van der Waals surface area contributed by atoms with Gasteiger partial charge in [0.25, 0.3) is 0 Å². The van der Waals surface area contributed by atoms with Crippen LogP contribution in [0.5, 0.6) is 0 Å². The molecule has 0 bridgehead atoms. The molecule has 0 radical (unpaired) electrons. The number of hydrogen-bond donors (Lipinski definition) is 1. The minimum Gasteiger partial charge on any atom is -0.392 e. The maximum atomic E-state index is 9.24. The first kappa shape index (κ1) is 11.8. The van der Waals surface area contributed by atoms with Crippen molar-refractivity contribution in [2.24, 2.45) is 5.92 Å². The lowest BCUT2D eigenvalue weighted by atomic mass is 9.89. The van der Waals surface area contributed by atoms with Crippen LogP contribution in [0.25, 0.3) is 10.9 Å². The second-order valence-corrected chi connectivity index (χ2v) is 5.52. The molecule has 2 aromatic rings. The summed E-state index contributed by atoms with van der Waals surface area (Å²) in [4.78, 5) is 0. The highest BCUT2D eigenvalue weighted by Gasteiger charge is 2.14. The van der Waals surface area contributed by atoms with Gasteiger partial charge < -0.3 is 9.67 Å². The molecule has 0 spiro atoms. The van der Waals surface area contributed by atoms with Crippen molar-refractivity contribution in [2.45, 2.75) is 45.3 Å². The third-order valence-electron chi connectivity index (χ3n) is 4.20. The lowest BCUT2D eigenvalue weighted by Gasteiger charge is -2.22. The zero-order valence-corrected chi connectivity index (χ0v) is 10.8. The zero-order valence-electron chi connectivity index (χ0n) is 10.8. The summed E-state index contributed by atoms with van der Waals surface area (Å²) in [6.07, 6.45) is 9.15. The molecule has 1 fully saturated rings. The van der Waals surface area contributed by atoms with E-state index >= 15 is 0 Å². The largest absolute Gasteiger partial charge is 0.392 e. The van der Waals surface area contributed by atoms with Gasteiger partial charge >= 0.3 is 0 Å². The standard InChI is InChI=1S/C16H21NO/c18-12-14-6-7-15-8-9-17(16(15)10-14)11-13-4-2-1-3-5-13/h6-10,13,18H,1-5,11-12H2. The van der Waals surface area contributed by atoms with Crippen molar-refractivity contribution in [3.8, 4) is 0 Å². The predicted octanol–water partition coefficient (Wildman–Crippen LogP) is 3.71. The smallest absolute Gasteiger partial charge is 0.0682 e. The van der Waals surface area contributed by atoms with E-state index in [4.69, 9.17) is 0 Å². The summed E-state index contributed by atoms with van der Waals surface area (Å²) in [6.45, 7) is 1.27. The molecule has 96 valence electrons. The second kappa shape index (κ2) is 5.15. The topological polar surface area (TPSA) is 25.2 Å². The molecule has 1 heterocycles. The van der Waals surface area contributed by atoms with Crippen molar-refractivity contribution in [3.63, 3.8) is 0 Å². The molecule has 1 aliphatic rings. The number of aliphatic hydroxyl groups is 1. The van der Waals surface area contributed by atoms with Crippen LogP contribution in [-0.4, -0.2) is 9.67 Å². The van der Waals surface area contributed by atoms with Gasteiger partial charge in [-0.05, 0) is 41.8 Å². The molecule has 2 heteroatoms. The van der Waals surface area contributed by atoms with E-state index in [2.05, 4.69) is 29.0 Å². The molecule has 3 rings (SSSR count). The average molecular weight is 243 g/mol. The summed E-state index contributed by atoms with van der Waals surface area (Å²) < 4.78 is 2.37. The van der Waals surface area contributed by atoms with Gasteiger partial charge in [0, 0.05) is 18.3 Å². The molecular formula is C16H21NO. The molecule has 18 heavy (non-hydrogen) atoms. The molecule has 0 aliphatic heterocycles. The molecule has 1 saturated carbocycles. The lowest BCUT2D eigenvalue weighted by Crippen LogP contribution is -2.13. The van der Waals surface area contributed by atoms with Crippen LogP contribution in [0.1, 0.15) is 37.7 Å². The van der Waals surface area contributed by atoms with Crippen molar-refractivity contribution < 1.29 is 5.11 Å². The Balaban J connectivity index is 1.86. The summed E-state index contributed by atoms with van der Waals surface area (Å²) in [5.74, 6) is 0.840. The van der Waals surface area contributed by atoms with Crippen LogP contribution in [0.4, 0.5) is 0 Å². The van der Waals surface area contributed by atoms with Crippen molar-refractivity contribution >= 4 is 10.9 Å². The van der Waals surface area contributed by atoms with Crippen molar-refractivity contribution in [3.05, 3.63) is 36.0 Å². The first-order valence-corrected chi connectivity index (χ1v) is 7.05. The van der Waals surface area contributed by atoms with E-state index in [1.165, 1.54) is 43.0 Å². The Morgan fingerprint density at radius 2 is 1.94 bits per heavy atom. The van der Waals surface area contributed by atoms with E-state index in [1.807, 2.05) is 6.07 Å². The van der Waals surface area contributed by atoms with Crippen molar-refractivity contribution in [2.75, 3.05) is 0 Å². The number of aromatic nitrogens is 1. The van der Waals surface area contributed by atoms with E-state index in [0.717, 1.165) is 18.0 Å². The van der Waals surface area contributed by atoms with Gasteiger partial charge in [0.1, 0.15) is 0 Å². The van der Waals surface area contributed by atoms with Crippen LogP contribution in [0.2, 0.25) is 0 Å². The molecule has 0 amide bonds. The Bertz CT molecular complexity index is 523. The summed E-state index contributed by atoms with van der Waals surface area (Å²) in [5.41, 5.74) is 2.28. The van der Waals surface area contributed by atoms with E-state index in [9.17, 15) is 5.11 Å². The molecule has 1 N–H and O–H groups in total. The quantitative estimate of drug-likeness (QED) is 0.873. The number of nitrogens with zero attached hydrogens (tertiary/aromatic N) is 1. The van der Waals surface area contributed by atoms with Crippen LogP contribution in [0, 0.1) is 5.92 Å². The van der Waals surface area contributed by atoms with Gasteiger partial charge in [0.05, 0.1) is 6.61 Å². The number of hydrogen-bond acceptors (Lipinski definition) is 1. The molecule has 0 unspecified atom stereocenters. The molecule has 2 nitrogen and oxygen atoms in total. The maximum Gasteiger partial charge on any atom is 0.0682 e. The van der Waals surface area contributed by atoms with Gasteiger partial charge in [-0.2, -0.15) is 0 Å². The number of rotatable bonds is 3. The molecule has 1 aromatic heterocycles. The maximum absolute atomic E-state index is 9.24. The third kappa shape index (κ3) is 2.30. The number of aliphatic hydroxyl groups excluding tert-OH is 1. The van der Waals surface area contributed by atoms with Crippen molar-refractivity contribution in [1.29, 1.82) is 0 Å². The Morgan fingerprint density at radius 1 is 1.11 bits per heavy atom. The fourth-order valence-electron chi connectivity index (χ4n) is 3.13. The van der Waals surface area contributed by atoms with Gasteiger partial charge in [-0.1, -0.05) is 31.4 Å². The minimum absolute atomic E-state index is 0.130. The fraction of sp³-hybridized carbons (Fsp3) is 0.500. The third-order valence-corrected chi connectivity index (χ3v) is 4.20. The van der Waals surface area contributed by atoms with Crippen LogP contribution >= 0.6 is 0 Å². The molecule has 1 aromatic carbocycles. The van der Waals surface area contributed by atoms with Gasteiger partial charge in [-0.15, -0.1) is 0 Å². The average Bonchev–Trinajstić information content (AvgIpc) is 2.82. The van der Waals surface area contributed by atoms with E-state index in [1.54, 1.807) is 0 Å². The van der Waals surface area contributed by atoms with Gasteiger partial charge in [-0.25, -0.2) is 0 Å². The van der Waals surface area contributed by atoms with E-state index < -0.39 is 0 Å². The van der Waals surface area contributed by atoms with Crippen LogP contribution in [-0.2, 0) is 13.2 Å². The highest BCUT2D eigenvalue weighted by atomic mass is 16.3. The molecule has 0 atom stereocenters. The highest BCUT2D eigenvalue weighted by Crippen LogP contribution is 2.27. The lowest BCUT2D eigenvalue weighted by molar-refractivity contribution is 0.282. The highest BCUT2D eigenvalue weighted by molar-refractivity contribution is 5.80. The fourth-order valence-corrected chi connectivity index (χ4v) is 3.13. The zero-order chi connectivity index (χ0) is 12.4. The first-order chi connectivity index (χ1) is 8.86. The van der Waals surface area contributed by atoms with Crippen molar-refractivity contribution in [1.82, 2.24) is 4.57 Å². The Labute approximate surface area is 108 Å². The van der Waals surface area contributed by atoms with Gasteiger partial charge in [-0.3, -0.25) is 0 Å². The summed E-state index contributed by atoms with van der Waals surface area (Å²) in [5, 5.41) is 10.5.